The van der Waals surface area contributed by atoms with Crippen molar-refractivity contribution >= 4 is 0 Å². The minimum Gasteiger partial charge on any atom is -0.365 e. The van der Waals surface area contributed by atoms with Crippen molar-refractivity contribution in [3.63, 3.8) is 0 Å². The molecule has 2 N–H and O–H groups in total. The van der Waals surface area contributed by atoms with Crippen LogP contribution in [0.5, 0.6) is 0 Å². The standard InChI is InChI=1S/C7H12F3NO/c1-4-2-5(3-11)6(12-4)7(8,9)10/h4-6H,2-3,11H2,1H3/t4-,5-,6+/m1/s1. The number of alkyl halides is 3. The second-order valence-corrected chi connectivity index (χ2v) is 3.14. The minimum atomic E-state index is -4.27. The van der Waals surface area contributed by atoms with Gasteiger partial charge in [0.2, 0.25) is 0 Å². The average molecular weight is 183 g/mol. The highest BCUT2D eigenvalue weighted by Crippen LogP contribution is 2.36. The molecule has 0 unspecified atom stereocenters. The number of nitrogens with two attached hydrogens (primary N) is 1. The molecule has 1 rings (SSSR count). The minimum absolute atomic E-state index is 0.0362. The van der Waals surface area contributed by atoms with Crippen LogP contribution in [0, 0.1) is 5.92 Å². The van der Waals surface area contributed by atoms with Gasteiger partial charge >= 0.3 is 6.18 Å². The summed E-state index contributed by atoms with van der Waals surface area (Å²) in [6.45, 7) is 1.67. The van der Waals surface area contributed by atoms with E-state index in [0.717, 1.165) is 0 Å². The van der Waals surface area contributed by atoms with Crippen LogP contribution >= 0.6 is 0 Å². The van der Waals surface area contributed by atoms with Crippen LogP contribution in [0.25, 0.3) is 0 Å². The summed E-state index contributed by atoms with van der Waals surface area (Å²) in [6, 6.07) is 0. The molecule has 12 heavy (non-hydrogen) atoms. The van der Waals surface area contributed by atoms with E-state index < -0.39 is 18.2 Å². The Balaban J connectivity index is 2.64. The van der Waals surface area contributed by atoms with E-state index in [1.54, 1.807) is 6.92 Å². The van der Waals surface area contributed by atoms with E-state index in [1.165, 1.54) is 0 Å². The monoisotopic (exact) mass is 183 g/mol. The first-order chi connectivity index (χ1) is 5.45. The predicted molar refractivity (Wildman–Crippen MR) is 37.6 cm³/mol. The highest BCUT2D eigenvalue weighted by molar-refractivity contribution is 4.85. The van der Waals surface area contributed by atoms with Gasteiger partial charge in [0.15, 0.2) is 6.10 Å². The maximum Gasteiger partial charge on any atom is 0.414 e. The zero-order valence-corrected chi connectivity index (χ0v) is 6.77. The van der Waals surface area contributed by atoms with Crippen molar-refractivity contribution in [1.29, 1.82) is 0 Å². The highest BCUT2D eigenvalue weighted by Gasteiger charge is 2.49. The summed E-state index contributed by atoms with van der Waals surface area (Å²) in [6.07, 6.45) is -5.85. The van der Waals surface area contributed by atoms with Crippen molar-refractivity contribution in [2.45, 2.75) is 31.7 Å². The van der Waals surface area contributed by atoms with Crippen molar-refractivity contribution in [1.82, 2.24) is 0 Å². The summed E-state index contributed by atoms with van der Waals surface area (Å²) in [5.41, 5.74) is 5.20. The molecule has 2 nitrogen and oxygen atoms in total. The van der Waals surface area contributed by atoms with E-state index in [2.05, 4.69) is 0 Å². The lowest BCUT2D eigenvalue weighted by Gasteiger charge is -2.19. The second-order valence-electron chi connectivity index (χ2n) is 3.14. The molecule has 1 saturated heterocycles. The van der Waals surface area contributed by atoms with E-state index in [-0.39, 0.29) is 12.6 Å². The molecule has 5 heteroatoms. The Bertz CT molecular complexity index is 159. The zero-order valence-electron chi connectivity index (χ0n) is 6.77. The topological polar surface area (TPSA) is 35.2 Å². The van der Waals surface area contributed by atoms with Gasteiger partial charge in [0.25, 0.3) is 0 Å². The molecular weight excluding hydrogens is 171 g/mol. The summed E-state index contributed by atoms with van der Waals surface area (Å²) >= 11 is 0. The molecule has 72 valence electrons. The van der Waals surface area contributed by atoms with E-state index in [4.69, 9.17) is 10.5 Å². The summed E-state index contributed by atoms with van der Waals surface area (Å²) in [7, 11) is 0. The van der Waals surface area contributed by atoms with Gasteiger partial charge in [0.05, 0.1) is 6.10 Å². The van der Waals surface area contributed by atoms with Crippen LogP contribution in [-0.2, 0) is 4.74 Å². The van der Waals surface area contributed by atoms with Crippen LogP contribution in [0.1, 0.15) is 13.3 Å². The van der Waals surface area contributed by atoms with Gasteiger partial charge in [-0.05, 0) is 19.9 Å². The van der Waals surface area contributed by atoms with Gasteiger partial charge in [-0.1, -0.05) is 0 Å². The van der Waals surface area contributed by atoms with Crippen LogP contribution < -0.4 is 5.73 Å². The van der Waals surface area contributed by atoms with Crippen LogP contribution in [0.2, 0.25) is 0 Å². The molecule has 3 atom stereocenters. The van der Waals surface area contributed by atoms with Crippen LogP contribution in [0.4, 0.5) is 13.2 Å². The third kappa shape index (κ3) is 1.90. The molecule has 0 aromatic carbocycles. The Kier molecular flexibility index (Phi) is 2.63. The fraction of sp³-hybridized carbons (Fsp3) is 1.00. The summed E-state index contributed by atoms with van der Waals surface area (Å²) in [4.78, 5) is 0. The third-order valence-electron chi connectivity index (χ3n) is 2.07. The third-order valence-corrected chi connectivity index (χ3v) is 2.07. The summed E-state index contributed by atoms with van der Waals surface area (Å²) in [5, 5.41) is 0. The van der Waals surface area contributed by atoms with Gasteiger partial charge in [-0.2, -0.15) is 13.2 Å². The molecule has 1 aliphatic heterocycles. The molecule has 1 aliphatic rings. The molecule has 0 aromatic heterocycles. The maximum atomic E-state index is 12.2. The van der Waals surface area contributed by atoms with E-state index in [0.29, 0.717) is 6.42 Å². The summed E-state index contributed by atoms with van der Waals surface area (Å²) < 4.78 is 41.3. The lowest BCUT2D eigenvalue weighted by molar-refractivity contribution is -0.222. The molecule has 0 bridgehead atoms. The molecule has 0 aromatic rings. The number of hydrogen-bond acceptors (Lipinski definition) is 2. The number of rotatable bonds is 1. The highest BCUT2D eigenvalue weighted by atomic mass is 19.4. The number of halogens is 3. The zero-order chi connectivity index (χ0) is 9.35. The first-order valence-corrected chi connectivity index (χ1v) is 3.87. The van der Waals surface area contributed by atoms with Crippen molar-refractivity contribution in [2.75, 3.05) is 6.54 Å². The lowest BCUT2D eigenvalue weighted by atomic mass is 10.00. The Morgan fingerprint density at radius 2 is 2.08 bits per heavy atom. The van der Waals surface area contributed by atoms with Crippen molar-refractivity contribution in [3.05, 3.63) is 0 Å². The Labute approximate surface area is 68.9 Å². The van der Waals surface area contributed by atoms with Gasteiger partial charge in [-0.3, -0.25) is 0 Å². The van der Waals surface area contributed by atoms with Gasteiger partial charge in [-0.15, -0.1) is 0 Å². The Hall–Kier alpha value is -0.290. The summed E-state index contributed by atoms with van der Waals surface area (Å²) in [5.74, 6) is -0.569. The second kappa shape index (κ2) is 3.22. The van der Waals surface area contributed by atoms with Gasteiger partial charge in [-0.25, -0.2) is 0 Å². The largest absolute Gasteiger partial charge is 0.414 e. The van der Waals surface area contributed by atoms with Crippen LogP contribution in [-0.4, -0.2) is 24.9 Å². The Morgan fingerprint density at radius 3 is 2.42 bits per heavy atom. The Morgan fingerprint density at radius 1 is 1.50 bits per heavy atom. The average Bonchev–Trinajstić information content (AvgIpc) is 2.29. The first kappa shape index (κ1) is 9.80. The van der Waals surface area contributed by atoms with Crippen molar-refractivity contribution in [3.8, 4) is 0 Å². The van der Waals surface area contributed by atoms with E-state index in [9.17, 15) is 13.2 Å². The maximum absolute atomic E-state index is 12.2. The molecule has 1 heterocycles. The van der Waals surface area contributed by atoms with Crippen molar-refractivity contribution < 1.29 is 17.9 Å². The molecular formula is C7H12F3NO. The van der Waals surface area contributed by atoms with E-state index in [1.807, 2.05) is 0 Å². The smallest absolute Gasteiger partial charge is 0.365 e. The number of hydrogen-bond donors (Lipinski definition) is 1. The normalized spacial score (nSPS) is 37.2. The van der Waals surface area contributed by atoms with Crippen LogP contribution in [0.3, 0.4) is 0 Å². The molecule has 0 amide bonds. The van der Waals surface area contributed by atoms with E-state index >= 15 is 0 Å². The first-order valence-electron chi connectivity index (χ1n) is 3.87. The molecule has 0 radical (unpaired) electrons. The van der Waals surface area contributed by atoms with Gasteiger partial charge < -0.3 is 10.5 Å². The molecule has 0 spiro atoms. The van der Waals surface area contributed by atoms with Crippen LogP contribution in [0.15, 0.2) is 0 Å². The van der Waals surface area contributed by atoms with Gasteiger partial charge in [0.1, 0.15) is 0 Å². The number of ether oxygens (including phenoxy) is 1. The fourth-order valence-electron chi connectivity index (χ4n) is 1.53. The lowest BCUT2D eigenvalue weighted by Crippen LogP contribution is -2.37. The SMILES string of the molecule is C[C@@H]1C[C@H](CN)[C@@H](C(F)(F)F)O1. The molecule has 0 saturated carbocycles. The predicted octanol–water partition coefficient (Wildman–Crippen LogP) is 1.30. The molecule has 1 fully saturated rings. The fourth-order valence-corrected chi connectivity index (χ4v) is 1.53. The quantitative estimate of drug-likeness (QED) is 0.665. The molecule has 0 aliphatic carbocycles. The van der Waals surface area contributed by atoms with Gasteiger partial charge in [0, 0.05) is 5.92 Å². The van der Waals surface area contributed by atoms with Crippen molar-refractivity contribution in [2.24, 2.45) is 11.7 Å².